The van der Waals surface area contributed by atoms with Gasteiger partial charge in [0.05, 0.1) is 11.6 Å². The smallest absolute Gasteiger partial charge is 0.407 e. The van der Waals surface area contributed by atoms with E-state index in [1.165, 1.54) is 23.1 Å². The van der Waals surface area contributed by atoms with Gasteiger partial charge in [-0.1, -0.05) is 18.5 Å². The van der Waals surface area contributed by atoms with E-state index in [4.69, 9.17) is 21.4 Å². The molecule has 1 saturated heterocycles. The molecule has 1 aromatic carbocycles. The number of rotatable bonds is 3. The summed E-state index contributed by atoms with van der Waals surface area (Å²) in [6.45, 7) is 3.50. The summed E-state index contributed by atoms with van der Waals surface area (Å²) in [6, 6.07) is 4.03. The van der Waals surface area contributed by atoms with E-state index in [0.29, 0.717) is 25.4 Å². The van der Waals surface area contributed by atoms with Crippen LogP contribution in [0.1, 0.15) is 13.3 Å². The van der Waals surface area contributed by atoms with Crippen LogP contribution in [0.5, 0.6) is 5.75 Å². The predicted octanol–water partition coefficient (Wildman–Crippen LogP) is 3.49. The first-order valence-corrected chi connectivity index (χ1v) is 6.91. The van der Waals surface area contributed by atoms with Gasteiger partial charge in [0.25, 0.3) is 0 Å². The van der Waals surface area contributed by atoms with Crippen molar-refractivity contribution in [2.75, 3.05) is 19.7 Å². The molecule has 1 aromatic rings. The van der Waals surface area contributed by atoms with Crippen LogP contribution >= 0.6 is 11.6 Å². The second-order valence-corrected chi connectivity index (χ2v) is 5.55. The quantitative estimate of drug-likeness (QED) is 0.929. The maximum atomic E-state index is 12.9. The topological polar surface area (TPSA) is 49.8 Å². The molecule has 1 amide bonds. The molecule has 1 heterocycles. The first-order chi connectivity index (χ1) is 9.47. The molecular weight excluding hydrogens is 285 g/mol. The molecule has 2 atom stereocenters. The molecule has 0 unspecified atom stereocenters. The Labute approximate surface area is 122 Å². The monoisotopic (exact) mass is 301 g/mol. The van der Waals surface area contributed by atoms with E-state index >= 15 is 0 Å². The van der Waals surface area contributed by atoms with Gasteiger partial charge in [0.15, 0.2) is 0 Å². The number of carboxylic acid groups (broad SMARTS) is 1. The van der Waals surface area contributed by atoms with Gasteiger partial charge in [-0.25, -0.2) is 9.18 Å². The van der Waals surface area contributed by atoms with Gasteiger partial charge >= 0.3 is 6.09 Å². The van der Waals surface area contributed by atoms with Crippen molar-refractivity contribution in [1.29, 1.82) is 0 Å². The highest BCUT2D eigenvalue weighted by Crippen LogP contribution is 2.28. The minimum absolute atomic E-state index is 0.221. The van der Waals surface area contributed by atoms with Crippen molar-refractivity contribution in [2.45, 2.75) is 13.3 Å². The standard InChI is InChI=1S/C14H17ClFNO3/c1-9-7-17(14(18)19)5-4-10(9)8-20-13-3-2-11(16)6-12(13)15/h2-3,6,9-10H,4-5,7-8H2,1H3,(H,18,19)/t9-,10-/m1/s1. The van der Waals surface area contributed by atoms with Gasteiger partial charge in [0, 0.05) is 13.1 Å². The zero-order valence-electron chi connectivity index (χ0n) is 11.2. The summed E-state index contributed by atoms with van der Waals surface area (Å²) in [6.07, 6.45) is -0.121. The second-order valence-electron chi connectivity index (χ2n) is 5.14. The Morgan fingerprint density at radius 1 is 1.60 bits per heavy atom. The number of carbonyl (C=O) groups is 1. The molecule has 0 aromatic heterocycles. The number of amides is 1. The lowest BCUT2D eigenvalue weighted by Crippen LogP contribution is -2.43. The maximum absolute atomic E-state index is 12.9. The highest BCUT2D eigenvalue weighted by molar-refractivity contribution is 6.32. The van der Waals surface area contributed by atoms with Gasteiger partial charge in [-0.3, -0.25) is 0 Å². The van der Waals surface area contributed by atoms with E-state index in [1.807, 2.05) is 6.92 Å². The summed E-state index contributed by atoms with van der Waals surface area (Å²) in [5.41, 5.74) is 0. The van der Waals surface area contributed by atoms with Gasteiger partial charge in [-0.15, -0.1) is 0 Å². The fraction of sp³-hybridized carbons (Fsp3) is 0.500. The molecule has 1 N–H and O–H groups in total. The van der Waals surface area contributed by atoms with Crippen LogP contribution in [0.3, 0.4) is 0 Å². The summed E-state index contributed by atoms with van der Waals surface area (Å²) < 4.78 is 18.6. The van der Waals surface area contributed by atoms with Crippen LogP contribution < -0.4 is 4.74 Å². The van der Waals surface area contributed by atoms with Crippen molar-refractivity contribution < 1.29 is 19.0 Å². The Morgan fingerprint density at radius 2 is 2.35 bits per heavy atom. The van der Waals surface area contributed by atoms with Crippen LogP contribution in [0.2, 0.25) is 5.02 Å². The summed E-state index contributed by atoms with van der Waals surface area (Å²) >= 11 is 5.90. The molecule has 0 saturated carbocycles. The third-order valence-electron chi connectivity index (χ3n) is 3.70. The van der Waals surface area contributed by atoms with Gasteiger partial charge in [0.1, 0.15) is 11.6 Å². The fourth-order valence-corrected chi connectivity index (χ4v) is 2.63. The lowest BCUT2D eigenvalue weighted by Gasteiger charge is -2.35. The zero-order valence-corrected chi connectivity index (χ0v) is 11.9. The normalized spacial score (nSPS) is 22.6. The third kappa shape index (κ3) is 3.54. The van der Waals surface area contributed by atoms with Gasteiger partial charge < -0.3 is 14.7 Å². The Kier molecular flexibility index (Phi) is 4.70. The number of piperidine rings is 1. The van der Waals surface area contributed by atoms with Gasteiger partial charge in [0.2, 0.25) is 0 Å². The first-order valence-electron chi connectivity index (χ1n) is 6.53. The predicted molar refractivity (Wildman–Crippen MR) is 73.8 cm³/mol. The van der Waals surface area contributed by atoms with Crippen molar-refractivity contribution in [2.24, 2.45) is 11.8 Å². The average Bonchev–Trinajstić information content (AvgIpc) is 2.38. The molecule has 0 bridgehead atoms. The Balaban J connectivity index is 1.90. The molecule has 0 aliphatic carbocycles. The molecule has 1 aliphatic rings. The largest absolute Gasteiger partial charge is 0.492 e. The van der Waals surface area contributed by atoms with Crippen LogP contribution in [0.15, 0.2) is 18.2 Å². The number of hydrogen-bond donors (Lipinski definition) is 1. The summed E-state index contributed by atoms with van der Waals surface area (Å²) in [5, 5.41) is 9.20. The number of halogens is 2. The fourth-order valence-electron chi connectivity index (χ4n) is 2.40. The number of nitrogens with zero attached hydrogens (tertiary/aromatic N) is 1. The van der Waals surface area contributed by atoms with Crippen LogP contribution in [0, 0.1) is 17.7 Å². The Morgan fingerprint density at radius 3 is 2.95 bits per heavy atom. The van der Waals surface area contributed by atoms with E-state index in [9.17, 15) is 9.18 Å². The molecule has 110 valence electrons. The Hall–Kier alpha value is -1.49. The van der Waals surface area contributed by atoms with E-state index in [1.54, 1.807) is 0 Å². The second kappa shape index (κ2) is 6.31. The minimum Gasteiger partial charge on any atom is -0.492 e. The van der Waals surface area contributed by atoms with E-state index in [-0.39, 0.29) is 16.9 Å². The first kappa shape index (κ1) is 14.9. The van der Waals surface area contributed by atoms with Crippen LogP contribution in [0.25, 0.3) is 0 Å². The van der Waals surface area contributed by atoms with Crippen molar-refractivity contribution >= 4 is 17.7 Å². The molecule has 6 heteroatoms. The van der Waals surface area contributed by atoms with Gasteiger partial charge in [-0.05, 0) is 36.5 Å². The highest BCUT2D eigenvalue weighted by Gasteiger charge is 2.29. The average molecular weight is 302 g/mol. The number of likely N-dealkylation sites (tertiary alicyclic amines) is 1. The number of benzene rings is 1. The maximum Gasteiger partial charge on any atom is 0.407 e. The molecule has 1 fully saturated rings. The number of ether oxygens (including phenoxy) is 1. The molecule has 20 heavy (non-hydrogen) atoms. The van der Waals surface area contributed by atoms with E-state index < -0.39 is 11.9 Å². The van der Waals surface area contributed by atoms with Crippen LogP contribution in [-0.4, -0.2) is 35.8 Å². The molecule has 0 spiro atoms. The molecular formula is C14H17ClFNO3. The lowest BCUT2D eigenvalue weighted by atomic mass is 9.88. The SMILES string of the molecule is C[C@@H]1CN(C(=O)O)CC[C@@H]1COc1ccc(F)cc1Cl. The Bertz CT molecular complexity index is 497. The summed E-state index contributed by atoms with van der Waals surface area (Å²) in [7, 11) is 0. The van der Waals surface area contributed by atoms with E-state index in [0.717, 1.165) is 6.42 Å². The van der Waals surface area contributed by atoms with Crippen molar-refractivity contribution in [3.05, 3.63) is 29.0 Å². The molecule has 0 radical (unpaired) electrons. The van der Waals surface area contributed by atoms with E-state index in [2.05, 4.69) is 0 Å². The number of hydrogen-bond acceptors (Lipinski definition) is 2. The van der Waals surface area contributed by atoms with Crippen LogP contribution in [-0.2, 0) is 0 Å². The summed E-state index contributed by atoms with van der Waals surface area (Å²) in [5.74, 6) is 0.553. The minimum atomic E-state index is -0.877. The molecule has 1 aliphatic heterocycles. The van der Waals surface area contributed by atoms with Crippen LogP contribution in [0.4, 0.5) is 9.18 Å². The molecule has 2 rings (SSSR count). The third-order valence-corrected chi connectivity index (χ3v) is 4.00. The summed E-state index contributed by atoms with van der Waals surface area (Å²) in [4.78, 5) is 12.3. The highest BCUT2D eigenvalue weighted by atomic mass is 35.5. The van der Waals surface area contributed by atoms with Crippen molar-refractivity contribution in [3.63, 3.8) is 0 Å². The van der Waals surface area contributed by atoms with Crippen molar-refractivity contribution in [3.8, 4) is 5.75 Å². The van der Waals surface area contributed by atoms with Gasteiger partial charge in [-0.2, -0.15) is 0 Å². The lowest BCUT2D eigenvalue weighted by molar-refractivity contribution is 0.0820. The zero-order chi connectivity index (χ0) is 14.7. The molecule has 4 nitrogen and oxygen atoms in total. The van der Waals surface area contributed by atoms with Crippen molar-refractivity contribution in [1.82, 2.24) is 4.90 Å².